The zero-order valence-corrected chi connectivity index (χ0v) is 11.8. The van der Waals surface area contributed by atoms with Crippen molar-refractivity contribution in [3.8, 4) is 0 Å². The predicted molar refractivity (Wildman–Crippen MR) is 75.2 cm³/mol. The third kappa shape index (κ3) is 2.57. The van der Waals surface area contributed by atoms with Gasteiger partial charge in [-0.25, -0.2) is 0 Å². The molecule has 100 valence electrons. The molecule has 1 aliphatic carbocycles. The molecule has 3 heteroatoms. The molecular weight excluding hydrogens is 222 g/mol. The molecule has 0 unspecified atom stereocenters. The second-order valence-corrected chi connectivity index (χ2v) is 5.73. The van der Waals surface area contributed by atoms with Gasteiger partial charge in [0.25, 0.3) is 0 Å². The molecule has 0 aromatic carbocycles. The number of aryl methyl sites for hydroxylation is 1. The van der Waals surface area contributed by atoms with Gasteiger partial charge in [0.15, 0.2) is 0 Å². The van der Waals surface area contributed by atoms with E-state index in [0.717, 1.165) is 36.9 Å². The van der Waals surface area contributed by atoms with E-state index in [-0.39, 0.29) is 5.54 Å². The van der Waals surface area contributed by atoms with E-state index in [1.54, 1.807) is 0 Å². The first-order valence-electron chi connectivity index (χ1n) is 6.97. The fraction of sp³-hybridized carbons (Fsp3) is 0.667. The van der Waals surface area contributed by atoms with Crippen LogP contribution in [0.15, 0.2) is 18.2 Å². The van der Waals surface area contributed by atoms with Crippen molar-refractivity contribution >= 4 is 0 Å². The lowest BCUT2D eigenvalue weighted by Crippen LogP contribution is -2.60. The first-order valence-corrected chi connectivity index (χ1v) is 6.97. The number of hydrogen-bond acceptors (Lipinski definition) is 3. The monoisotopic (exact) mass is 247 g/mol. The molecule has 1 heterocycles. The summed E-state index contributed by atoms with van der Waals surface area (Å²) in [4.78, 5) is 7.11. The van der Waals surface area contributed by atoms with Crippen LogP contribution in [0.25, 0.3) is 0 Å². The zero-order valence-electron chi connectivity index (χ0n) is 11.8. The van der Waals surface area contributed by atoms with Crippen molar-refractivity contribution < 1.29 is 0 Å². The van der Waals surface area contributed by atoms with Crippen molar-refractivity contribution in [1.29, 1.82) is 0 Å². The smallest absolute Gasteiger partial charge is 0.0547 e. The van der Waals surface area contributed by atoms with Gasteiger partial charge in [-0.05, 0) is 44.4 Å². The minimum Gasteiger partial charge on any atom is -0.329 e. The molecule has 0 bridgehead atoms. The lowest BCUT2D eigenvalue weighted by molar-refractivity contribution is -0.0160. The number of hydrogen-bond donors (Lipinski definition) is 1. The fourth-order valence-electron chi connectivity index (χ4n) is 3.29. The van der Waals surface area contributed by atoms with Gasteiger partial charge < -0.3 is 5.73 Å². The van der Waals surface area contributed by atoms with Crippen LogP contribution in [0.5, 0.6) is 0 Å². The van der Waals surface area contributed by atoms with Crippen molar-refractivity contribution in [2.75, 3.05) is 13.1 Å². The number of rotatable bonds is 5. The minimum atomic E-state index is 0.222. The second-order valence-electron chi connectivity index (χ2n) is 5.73. The molecule has 1 aromatic heterocycles. The van der Waals surface area contributed by atoms with E-state index in [1.165, 1.54) is 12.8 Å². The average molecular weight is 247 g/mol. The zero-order chi connectivity index (χ0) is 13.2. The van der Waals surface area contributed by atoms with Crippen LogP contribution in [0.2, 0.25) is 0 Å². The van der Waals surface area contributed by atoms with Gasteiger partial charge >= 0.3 is 0 Å². The highest BCUT2D eigenvalue weighted by Crippen LogP contribution is 2.42. The Kier molecular flexibility index (Phi) is 4.03. The van der Waals surface area contributed by atoms with Gasteiger partial charge in [0, 0.05) is 24.3 Å². The maximum atomic E-state index is 6.03. The summed E-state index contributed by atoms with van der Waals surface area (Å²) < 4.78 is 0. The molecule has 0 atom stereocenters. The minimum absolute atomic E-state index is 0.222. The summed E-state index contributed by atoms with van der Waals surface area (Å²) in [5.41, 5.74) is 8.50. The molecule has 0 aliphatic heterocycles. The van der Waals surface area contributed by atoms with Crippen molar-refractivity contribution in [3.63, 3.8) is 0 Å². The summed E-state index contributed by atoms with van der Waals surface area (Å²) >= 11 is 0. The largest absolute Gasteiger partial charge is 0.329 e. The standard InChI is InChI=1S/C15H25N3/c1-4-18(15(11-16)8-12(2)9-15)10-14-7-5-6-13(3)17-14/h5-7,12H,4,8-11,16H2,1-3H3. The number of aromatic nitrogens is 1. The van der Waals surface area contributed by atoms with Gasteiger partial charge in [-0.1, -0.05) is 19.9 Å². The van der Waals surface area contributed by atoms with E-state index < -0.39 is 0 Å². The van der Waals surface area contributed by atoms with Gasteiger partial charge in [-0.2, -0.15) is 0 Å². The third-order valence-electron chi connectivity index (χ3n) is 4.19. The number of nitrogens with zero attached hydrogens (tertiary/aromatic N) is 2. The van der Waals surface area contributed by atoms with Crippen molar-refractivity contribution in [2.45, 2.75) is 45.7 Å². The molecule has 1 aromatic rings. The molecule has 1 saturated carbocycles. The van der Waals surface area contributed by atoms with Crippen LogP contribution in [0.1, 0.15) is 38.1 Å². The van der Waals surface area contributed by atoms with Crippen LogP contribution in [-0.2, 0) is 6.54 Å². The predicted octanol–water partition coefficient (Wildman–Crippen LogP) is 2.34. The SMILES string of the molecule is CCN(Cc1cccc(C)n1)C1(CN)CC(C)C1. The van der Waals surface area contributed by atoms with Gasteiger partial charge in [0.2, 0.25) is 0 Å². The summed E-state index contributed by atoms with van der Waals surface area (Å²) in [6.07, 6.45) is 2.45. The maximum Gasteiger partial charge on any atom is 0.0547 e. The highest BCUT2D eigenvalue weighted by molar-refractivity contribution is 5.11. The summed E-state index contributed by atoms with van der Waals surface area (Å²) in [6, 6.07) is 6.25. The quantitative estimate of drug-likeness (QED) is 0.868. The average Bonchev–Trinajstić information content (AvgIpc) is 2.32. The first-order chi connectivity index (χ1) is 8.59. The first kappa shape index (κ1) is 13.5. The van der Waals surface area contributed by atoms with Crippen molar-refractivity contribution in [2.24, 2.45) is 11.7 Å². The van der Waals surface area contributed by atoms with E-state index in [9.17, 15) is 0 Å². The van der Waals surface area contributed by atoms with Crippen LogP contribution in [0, 0.1) is 12.8 Å². The Morgan fingerprint density at radius 2 is 2.17 bits per heavy atom. The van der Waals surface area contributed by atoms with Crippen LogP contribution < -0.4 is 5.73 Å². The molecule has 1 aliphatic rings. The van der Waals surface area contributed by atoms with Crippen LogP contribution in [0.3, 0.4) is 0 Å². The van der Waals surface area contributed by atoms with E-state index >= 15 is 0 Å². The number of likely N-dealkylation sites (N-methyl/N-ethyl adjacent to an activating group) is 1. The Bertz CT molecular complexity index is 396. The Hall–Kier alpha value is -0.930. The Morgan fingerprint density at radius 1 is 1.44 bits per heavy atom. The summed E-state index contributed by atoms with van der Waals surface area (Å²) in [5, 5.41) is 0. The normalized spacial score (nSPS) is 27.3. The molecular formula is C15H25N3. The van der Waals surface area contributed by atoms with Crippen molar-refractivity contribution in [1.82, 2.24) is 9.88 Å². The second kappa shape index (κ2) is 5.37. The van der Waals surface area contributed by atoms with Gasteiger partial charge in [0.05, 0.1) is 5.69 Å². The summed E-state index contributed by atoms with van der Waals surface area (Å²) in [6.45, 7) is 9.30. The van der Waals surface area contributed by atoms with E-state index in [0.29, 0.717) is 0 Å². The summed E-state index contributed by atoms with van der Waals surface area (Å²) in [7, 11) is 0. The molecule has 0 saturated heterocycles. The summed E-state index contributed by atoms with van der Waals surface area (Å²) in [5.74, 6) is 0.813. The van der Waals surface area contributed by atoms with Crippen molar-refractivity contribution in [3.05, 3.63) is 29.6 Å². The van der Waals surface area contributed by atoms with E-state index in [2.05, 4.69) is 35.9 Å². The molecule has 0 amide bonds. The van der Waals surface area contributed by atoms with Crippen LogP contribution >= 0.6 is 0 Å². The topological polar surface area (TPSA) is 42.2 Å². The Morgan fingerprint density at radius 3 is 2.67 bits per heavy atom. The van der Waals surface area contributed by atoms with Gasteiger partial charge in [0.1, 0.15) is 0 Å². The third-order valence-corrected chi connectivity index (χ3v) is 4.19. The van der Waals surface area contributed by atoms with Gasteiger partial charge in [-0.15, -0.1) is 0 Å². The van der Waals surface area contributed by atoms with Gasteiger partial charge in [-0.3, -0.25) is 9.88 Å². The molecule has 2 rings (SSSR count). The Balaban J connectivity index is 2.10. The fourth-order valence-corrected chi connectivity index (χ4v) is 3.29. The maximum absolute atomic E-state index is 6.03. The van der Waals surface area contributed by atoms with E-state index in [1.807, 2.05) is 13.0 Å². The van der Waals surface area contributed by atoms with E-state index in [4.69, 9.17) is 5.73 Å². The highest BCUT2D eigenvalue weighted by atomic mass is 15.2. The lowest BCUT2D eigenvalue weighted by atomic mass is 9.68. The highest BCUT2D eigenvalue weighted by Gasteiger charge is 2.44. The molecule has 2 N–H and O–H groups in total. The lowest BCUT2D eigenvalue weighted by Gasteiger charge is -2.53. The molecule has 0 spiro atoms. The van der Waals surface area contributed by atoms with Crippen LogP contribution in [0.4, 0.5) is 0 Å². The molecule has 0 radical (unpaired) electrons. The Labute approximate surface area is 110 Å². The number of pyridine rings is 1. The molecule has 18 heavy (non-hydrogen) atoms. The molecule has 3 nitrogen and oxygen atoms in total. The number of nitrogens with two attached hydrogens (primary N) is 1. The van der Waals surface area contributed by atoms with Crippen LogP contribution in [-0.4, -0.2) is 28.5 Å². The molecule has 1 fully saturated rings.